The number of rotatable bonds is 6. The molecule has 1 fully saturated rings. The van der Waals surface area contributed by atoms with E-state index in [0.29, 0.717) is 31.1 Å². The molecule has 0 atom stereocenters. The molecule has 4 rings (SSSR count). The molecule has 1 aliphatic heterocycles. The van der Waals surface area contributed by atoms with Gasteiger partial charge in [-0.05, 0) is 42.0 Å². The molecule has 3 heterocycles. The Labute approximate surface area is 169 Å². The second-order valence-electron chi connectivity index (χ2n) is 6.71. The summed E-state index contributed by atoms with van der Waals surface area (Å²) in [5.74, 6) is 0.482. The standard InChI is InChI=1S/C22H23N5O2/c28-22(26-19-3-1-2-4-20(19)27-11-13-29-14-12-27)18-7-10-24-21(15-18)25-16-17-5-8-23-9-6-17/h1-10,15H,11-14,16H2,(H,24,25)(H,26,28). The van der Waals surface area contributed by atoms with Gasteiger partial charge in [-0.15, -0.1) is 0 Å². The molecule has 2 N–H and O–H groups in total. The molecule has 0 bridgehead atoms. The Bertz CT molecular complexity index is 958. The van der Waals surface area contributed by atoms with Crippen molar-refractivity contribution in [3.05, 3.63) is 78.2 Å². The molecule has 1 aromatic carbocycles. The Balaban J connectivity index is 1.45. The van der Waals surface area contributed by atoms with E-state index in [1.165, 1.54) is 0 Å². The largest absolute Gasteiger partial charge is 0.378 e. The molecular weight excluding hydrogens is 366 g/mol. The maximum atomic E-state index is 12.9. The molecule has 0 spiro atoms. The van der Waals surface area contributed by atoms with Crippen molar-refractivity contribution < 1.29 is 9.53 Å². The zero-order chi connectivity index (χ0) is 19.9. The number of carbonyl (C=O) groups is 1. The van der Waals surface area contributed by atoms with Gasteiger partial charge in [-0.25, -0.2) is 4.98 Å². The summed E-state index contributed by atoms with van der Waals surface area (Å²) in [6.07, 6.45) is 5.14. The number of hydrogen-bond acceptors (Lipinski definition) is 6. The number of pyridine rings is 2. The number of amides is 1. The number of hydrogen-bond donors (Lipinski definition) is 2. The van der Waals surface area contributed by atoms with Crippen molar-refractivity contribution in [2.24, 2.45) is 0 Å². The van der Waals surface area contributed by atoms with E-state index in [1.807, 2.05) is 36.4 Å². The van der Waals surface area contributed by atoms with E-state index >= 15 is 0 Å². The molecule has 2 aromatic heterocycles. The van der Waals surface area contributed by atoms with Gasteiger partial charge >= 0.3 is 0 Å². The van der Waals surface area contributed by atoms with E-state index in [0.717, 1.165) is 30.0 Å². The molecule has 0 saturated carbocycles. The van der Waals surface area contributed by atoms with Gasteiger partial charge in [0.15, 0.2) is 0 Å². The summed E-state index contributed by atoms with van der Waals surface area (Å²) in [6.45, 7) is 3.62. The van der Waals surface area contributed by atoms with E-state index in [-0.39, 0.29) is 5.91 Å². The lowest BCUT2D eigenvalue weighted by Gasteiger charge is -2.30. The lowest BCUT2D eigenvalue weighted by molar-refractivity contribution is 0.102. The number of aromatic nitrogens is 2. The SMILES string of the molecule is O=C(Nc1ccccc1N1CCOCC1)c1ccnc(NCc2ccncc2)c1. The van der Waals surface area contributed by atoms with Crippen LogP contribution in [0, 0.1) is 0 Å². The van der Waals surface area contributed by atoms with Gasteiger partial charge in [0.1, 0.15) is 5.82 Å². The van der Waals surface area contributed by atoms with E-state index in [2.05, 4.69) is 25.5 Å². The summed E-state index contributed by atoms with van der Waals surface area (Å²) in [6, 6.07) is 15.2. The van der Waals surface area contributed by atoms with E-state index in [1.54, 1.807) is 30.7 Å². The average molecular weight is 389 g/mol. The highest BCUT2D eigenvalue weighted by atomic mass is 16.5. The molecule has 148 valence electrons. The van der Waals surface area contributed by atoms with Gasteiger partial charge in [-0.2, -0.15) is 0 Å². The fraction of sp³-hybridized carbons (Fsp3) is 0.227. The van der Waals surface area contributed by atoms with E-state index < -0.39 is 0 Å². The van der Waals surface area contributed by atoms with Gasteiger partial charge in [-0.1, -0.05) is 12.1 Å². The van der Waals surface area contributed by atoms with Crippen LogP contribution in [0.3, 0.4) is 0 Å². The second kappa shape index (κ2) is 9.16. The number of morpholine rings is 1. The van der Waals surface area contributed by atoms with Crippen molar-refractivity contribution in [1.29, 1.82) is 0 Å². The maximum Gasteiger partial charge on any atom is 0.255 e. The quantitative estimate of drug-likeness (QED) is 0.674. The van der Waals surface area contributed by atoms with Crippen LogP contribution in [0.4, 0.5) is 17.2 Å². The minimum absolute atomic E-state index is 0.167. The predicted molar refractivity (Wildman–Crippen MR) is 113 cm³/mol. The average Bonchev–Trinajstić information content (AvgIpc) is 2.79. The molecule has 0 aliphatic carbocycles. The van der Waals surface area contributed by atoms with Gasteiger partial charge in [0.05, 0.1) is 24.6 Å². The molecule has 7 heteroatoms. The Morgan fingerprint density at radius 1 is 1.03 bits per heavy atom. The Hall–Kier alpha value is -3.45. The summed E-state index contributed by atoms with van der Waals surface area (Å²) in [7, 11) is 0. The zero-order valence-electron chi connectivity index (χ0n) is 16.0. The lowest BCUT2D eigenvalue weighted by atomic mass is 10.2. The third-order valence-corrected chi connectivity index (χ3v) is 4.75. The highest BCUT2D eigenvalue weighted by molar-refractivity contribution is 6.06. The van der Waals surface area contributed by atoms with Crippen molar-refractivity contribution in [3.63, 3.8) is 0 Å². The number of nitrogens with one attached hydrogen (secondary N) is 2. The number of benzene rings is 1. The van der Waals surface area contributed by atoms with E-state index in [9.17, 15) is 4.79 Å². The fourth-order valence-electron chi connectivity index (χ4n) is 3.22. The fourth-order valence-corrected chi connectivity index (χ4v) is 3.22. The van der Waals surface area contributed by atoms with Gasteiger partial charge < -0.3 is 20.3 Å². The first-order valence-electron chi connectivity index (χ1n) is 9.61. The van der Waals surface area contributed by atoms with Gasteiger partial charge in [0.2, 0.25) is 0 Å². The van der Waals surface area contributed by atoms with E-state index in [4.69, 9.17) is 4.74 Å². The first-order valence-corrected chi connectivity index (χ1v) is 9.61. The van der Waals surface area contributed by atoms with Crippen LogP contribution in [0.25, 0.3) is 0 Å². The monoisotopic (exact) mass is 389 g/mol. The maximum absolute atomic E-state index is 12.9. The number of ether oxygens (including phenoxy) is 1. The Morgan fingerprint density at radius 2 is 1.83 bits per heavy atom. The molecule has 0 unspecified atom stereocenters. The third kappa shape index (κ3) is 4.89. The predicted octanol–water partition coefficient (Wildman–Crippen LogP) is 3.18. The molecular formula is C22H23N5O2. The minimum atomic E-state index is -0.167. The van der Waals surface area contributed by atoms with Crippen LogP contribution in [-0.4, -0.2) is 42.2 Å². The molecule has 0 radical (unpaired) electrons. The van der Waals surface area contributed by atoms with Crippen LogP contribution in [0.5, 0.6) is 0 Å². The number of carbonyl (C=O) groups excluding carboxylic acids is 1. The van der Waals surface area contributed by atoms with Crippen molar-refractivity contribution in [3.8, 4) is 0 Å². The summed E-state index contributed by atoms with van der Waals surface area (Å²) in [4.78, 5) is 23.4. The Kier molecular flexibility index (Phi) is 5.97. The number of nitrogens with zero attached hydrogens (tertiary/aromatic N) is 3. The molecule has 1 amide bonds. The van der Waals surface area contributed by atoms with Crippen molar-refractivity contribution in [2.75, 3.05) is 41.8 Å². The number of para-hydroxylation sites is 2. The lowest BCUT2D eigenvalue weighted by Crippen LogP contribution is -2.36. The number of anilines is 3. The first-order chi connectivity index (χ1) is 14.3. The molecule has 7 nitrogen and oxygen atoms in total. The van der Waals surface area contributed by atoms with Crippen LogP contribution in [-0.2, 0) is 11.3 Å². The van der Waals surface area contributed by atoms with Gasteiger partial charge in [0, 0.05) is 43.8 Å². The summed E-state index contributed by atoms with van der Waals surface area (Å²) in [5, 5.41) is 6.28. The summed E-state index contributed by atoms with van der Waals surface area (Å²) in [5.41, 5.74) is 3.45. The van der Waals surface area contributed by atoms with Crippen molar-refractivity contribution in [1.82, 2.24) is 9.97 Å². The van der Waals surface area contributed by atoms with Crippen LogP contribution >= 0.6 is 0 Å². The normalized spacial score (nSPS) is 13.7. The smallest absolute Gasteiger partial charge is 0.255 e. The Morgan fingerprint density at radius 3 is 2.66 bits per heavy atom. The summed E-state index contributed by atoms with van der Waals surface area (Å²) < 4.78 is 5.43. The van der Waals surface area contributed by atoms with Gasteiger partial charge in [0.25, 0.3) is 5.91 Å². The molecule has 3 aromatic rings. The second-order valence-corrected chi connectivity index (χ2v) is 6.71. The van der Waals surface area contributed by atoms with Crippen LogP contribution in [0.1, 0.15) is 15.9 Å². The van der Waals surface area contributed by atoms with Gasteiger partial charge in [-0.3, -0.25) is 9.78 Å². The highest BCUT2D eigenvalue weighted by Crippen LogP contribution is 2.27. The molecule has 1 saturated heterocycles. The zero-order valence-corrected chi connectivity index (χ0v) is 16.0. The minimum Gasteiger partial charge on any atom is -0.378 e. The van der Waals surface area contributed by atoms with Crippen LogP contribution < -0.4 is 15.5 Å². The van der Waals surface area contributed by atoms with Crippen molar-refractivity contribution >= 4 is 23.1 Å². The molecule has 29 heavy (non-hydrogen) atoms. The highest BCUT2D eigenvalue weighted by Gasteiger charge is 2.16. The third-order valence-electron chi connectivity index (χ3n) is 4.75. The molecule has 1 aliphatic rings. The first kappa shape index (κ1) is 18.9. The van der Waals surface area contributed by atoms with Crippen molar-refractivity contribution in [2.45, 2.75) is 6.54 Å². The summed E-state index contributed by atoms with van der Waals surface area (Å²) >= 11 is 0. The van der Waals surface area contributed by atoms with Crippen LogP contribution in [0.15, 0.2) is 67.1 Å². The van der Waals surface area contributed by atoms with Crippen LogP contribution in [0.2, 0.25) is 0 Å². The topological polar surface area (TPSA) is 79.4 Å².